The van der Waals surface area contributed by atoms with Crippen LogP contribution in [0.15, 0.2) is 29.2 Å². The summed E-state index contributed by atoms with van der Waals surface area (Å²) in [7, 11) is -3.63. The molecule has 1 aliphatic rings. The molecule has 0 saturated heterocycles. The third kappa shape index (κ3) is 2.54. The van der Waals surface area contributed by atoms with E-state index in [0.29, 0.717) is 11.6 Å². The average molecular weight is 240 g/mol. The molecule has 0 amide bonds. The Morgan fingerprint density at radius 2 is 2.00 bits per heavy atom. The Balaban J connectivity index is 2.13. The Hall–Kier alpha value is -1.07. The van der Waals surface area contributed by atoms with Gasteiger partial charge in [-0.25, -0.2) is 13.6 Å². The van der Waals surface area contributed by atoms with Gasteiger partial charge in [-0.1, -0.05) is 18.6 Å². The van der Waals surface area contributed by atoms with Gasteiger partial charge in [0.1, 0.15) is 4.90 Å². The molecule has 3 N–H and O–H groups in total. The van der Waals surface area contributed by atoms with Crippen LogP contribution < -0.4 is 10.5 Å². The van der Waals surface area contributed by atoms with E-state index >= 15 is 0 Å². The molecule has 88 valence electrons. The summed E-state index contributed by atoms with van der Waals surface area (Å²) in [5, 5.41) is 8.31. The number of sulfonamides is 1. The molecule has 0 unspecified atom stereocenters. The van der Waals surface area contributed by atoms with Crippen molar-refractivity contribution in [2.75, 3.05) is 11.9 Å². The predicted molar refractivity (Wildman–Crippen MR) is 63.6 cm³/mol. The van der Waals surface area contributed by atoms with Gasteiger partial charge in [0.05, 0.1) is 5.69 Å². The third-order valence-electron chi connectivity index (χ3n) is 3.00. The predicted octanol–water partition coefficient (Wildman–Crippen LogP) is 1.55. The first-order chi connectivity index (χ1) is 7.57. The highest BCUT2D eigenvalue weighted by molar-refractivity contribution is 7.89. The molecule has 0 aromatic heterocycles. The standard InChI is InChI=1S/C11H16N2O2S/c12-16(14,15)11-7-2-1-6-10(11)13-8-9-4-3-5-9/h1-2,6-7,9,13H,3-5,8H2,(H2,12,14,15). The summed E-state index contributed by atoms with van der Waals surface area (Å²) in [5.74, 6) is 0.675. The minimum Gasteiger partial charge on any atom is -0.384 e. The van der Waals surface area contributed by atoms with Gasteiger partial charge in [0.15, 0.2) is 0 Å². The number of para-hydroxylation sites is 1. The number of nitrogens with one attached hydrogen (secondary N) is 1. The fraction of sp³-hybridized carbons (Fsp3) is 0.455. The zero-order chi connectivity index (χ0) is 11.6. The van der Waals surface area contributed by atoms with E-state index in [4.69, 9.17) is 5.14 Å². The zero-order valence-corrected chi connectivity index (χ0v) is 9.83. The van der Waals surface area contributed by atoms with Gasteiger partial charge in [-0.15, -0.1) is 0 Å². The van der Waals surface area contributed by atoms with Crippen molar-refractivity contribution in [3.05, 3.63) is 24.3 Å². The van der Waals surface area contributed by atoms with Crippen LogP contribution >= 0.6 is 0 Å². The van der Waals surface area contributed by atoms with Crippen LogP contribution in [-0.4, -0.2) is 15.0 Å². The van der Waals surface area contributed by atoms with Gasteiger partial charge < -0.3 is 5.32 Å². The highest BCUT2D eigenvalue weighted by Gasteiger charge is 2.18. The number of primary sulfonamides is 1. The van der Waals surface area contributed by atoms with E-state index < -0.39 is 10.0 Å². The highest BCUT2D eigenvalue weighted by Crippen LogP contribution is 2.27. The van der Waals surface area contributed by atoms with Crippen LogP contribution in [0.3, 0.4) is 0 Å². The molecule has 4 nitrogen and oxygen atoms in total. The van der Waals surface area contributed by atoms with Gasteiger partial charge in [-0.2, -0.15) is 0 Å². The van der Waals surface area contributed by atoms with E-state index in [1.807, 2.05) is 0 Å². The van der Waals surface area contributed by atoms with Crippen LogP contribution in [0.4, 0.5) is 5.69 Å². The summed E-state index contributed by atoms with van der Waals surface area (Å²) in [6, 6.07) is 6.75. The summed E-state index contributed by atoms with van der Waals surface area (Å²) in [6.45, 7) is 0.826. The molecule has 0 aliphatic heterocycles. The van der Waals surface area contributed by atoms with Crippen molar-refractivity contribution < 1.29 is 8.42 Å². The van der Waals surface area contributed by atoms with Gasteiger partial charge >= 0.3 is 0 Å². The molecule has 1 aromatic rings. The van der Waals surface area contributed by atoms with E-state index in [0.717, 1.165) is 6.54 Å². The lowest BCUT2D eigenvalue weighted by Crippen LogP contribution is -2.22. The molecule has 0 spiro atoms. The molecular formula is C11H16N2O2S. The van der Waals surface area contributed by atoms with Crippen LogP contribution in [0.25, 0.3) is 0 Å². The van der Waals surface area contributed by atoms with Gasteiger partial charge in [0, 0.05) is 6.54 Å². The van der Waals surface area contributed by atoms with Crippen LogP contribution in [0.5, 0.6) is 0 Å². The van der Waals surface area contributed by atoms with Crippen molar-refractivity contribution in [3.63, 3.8) is 0 Å². The van der Waals surface area contributed by atoms with Crippen molar-refractivity contribution >= 4 is 15.7 Å². The smallest absolute Gasteiger partial charge is 0.240 e. The van der Waals surface area contributed by atoms with Crippen molar-refractivity contribution in [1.82, 2.24) is 0 Å². The Morgan fingerprint density at radius 1 is 1.31 bits per heavy atom. The maximum Gasteiger partial charge on any atom is 0.240 e. The zero-order valence-electron chi connectivity index (χ0n) is 9.02. The topological polar surface area (TPSA) is 72.2 Å². The first-order valence-corrected chi connectivity index (χ1v) is 6.98. The minimum atomic E-state index is -3.63. The van der Waals surface area contributed by atoms with Crippen LogP contribution in [-0.2, 0) is 10.0 Å². The molecule has 0 atom stereocenters. The lowest BCUT2D eigenvalue weighted by molar-refractivity contribution is 0.333. The Bertz CT molecular complexity index is 467. The monoisotopic (exact) mass is 240 g/mol. The maximum absolute atomic E-state index is 11.3. The second-order valence-electron chi connectivity index (χ2n) is 4.22. The maximum atomic E-state index is 11.3. The molecule has 0 radical (unpaired) electrons. The number of rotatable bonds is 4. The van der Waals surface area contributed by atoms with Crippen molar-refractivity contribution in [3.8, 4) is 0 Å². The number of nitrogens with two attached hydrogens (primary N) is 1. The lowest BCUT2D eigenvalue weighted by Gasteiger charge is -2.26. The summed E-state index contributed by atoms with van der Waals surface area (Å²) in [4.78, 5) is 0.175. The third-order valence-corrected chi connectivity index (χ3v) is 3.97. The Morgan fingerprint density at radius 3 is 2.56 bits per heavy atom. The molecule has 2 rings (SSSR count). The molecule has 0 heterocycles. The quantitative estimate of drug-likeness (QED) is 0.838. The van der Waals surface area contributed by atoms with E-state index in [1.54, 1.807) is 18.2 Å². The van der Waals surface area contributed by atoms with E-state index in [2.05, 4.69) is 5.32 Å². The van der Waals surface area contributed by atoms with Gasteiger partial charge in [-0.05, 0) is 30.9 Å². The molecule has 1 fully saturated rings. The van der Waals surface area contributed by atoms with Crippen LogP contribution in [0, 0.1) is 5.92 Å². The van der Waals surface area contributed by atoms with Crippen molar-refractivity contribution in [2.24, 2.45) is 11.1 Å². The van der Waals surface area contributed by atoms with Gasteiger partial charge in [0.2, 0.25) is 10.0 Å². The van der Waals surface area contributed by atoms with E-state index in [9.17, 15) is 8.42 Å². The summed E-state index contributed by atoms with van der Waals surface area (Å²) < 4.78 is 22.6. The van der Waals surface area contributed by atoms with Gasteiger partial charge in [-0.3, -0.25) is 0 Å². The Kier molecular flexibility index (Phi) is 3.16. The molecule has 1 aromatic carbocycles. The second-order valence-corrected chi connectivity index (χ2v) is 5.75. The van der Waals surface area contributed by atoms with Crippen LogP contribution in [0.1, 0.15) is 19.3 Å². The lowest BCUT2D eigenvalue weighted by atomic mass is 9.85. The largest absolute Gasteiger partial charge is 0.384 e. The van der Waals surface area contributed by atoms with Crippen molar-refractivity contribution in [2.45, 2.75) is 24.2 Å². The fourth-order valence-corrected chi connectivity index (χ4v) is 2.53. The molecule has 1 saturated carbocycles. The van der Waals surface area contributed by atoms with E-state index in [1.165, 1.54) is 25.3 Å². The number of hydrogen-bond acceptors (Lipinski definition) is 3. The summed E-state index contributed by atoms with van der Waals surface area (Å²) >= 11 is 0. The SMILES string of the molecule is NS(=O)(=O)c1ccccc1NCC1CCC1. The summed E-state index contributed by atoms with van der Waals surface area (Å²) in [6.07, 6.45) is 3.73. The number of hydrogen-bond donors (Lipinski definition) is 2. The second kappa shape index (κ2) is 4.43. The van der Waals surface area contributed by atoms with Crippen molar-refractivity contribution in [1.29, 1.82) is 0 Å². The number of benzene rings is 1. The molecule has 5 heteroatoms. The minimum absolute atomic E-state index is 0.175. The first kappa shape index (κ1) is 11.4. The molecule has 1 aliphatic carbocycles. The molecular weight excluding hydrogens is 224 g/mol. The highest BCUT2D eigenvalue weighted by atomic mass is 32.2. The average Bonchev–Trinajstić information content (AvgIpc) is 2.14. The van der Waals surface area contributed by atoms with Crippen LogP contribution in [0.2, 0.25) is 0 Å². The van der Waals surface area contributed by atoms with Gasteiger partial charge in [0.25, 0.3) is 0 Å². The molecule has 16 heavy (non-hydrogen) atoms. The first-order valence-electron chi connectivity index (χ1n) is 5.43. The molecule has 0 bridgehead atoms. The summed E-state index contributed by atoms with van der Waals surface area (Å²) in [5.41, 5.74) is 0.608. The Labute approximate surface area is 95.9 Å². The van der Waals surface area contributed by atoms with E-state index in [-0.39, 0.29) is 4.90 Å². The normalized spacial score (nSPS) is 16.8. The fourth-order valence-electron chi connectivity index (χ4n) is 1.81. The number of anilines is 1.